The van der Waals surface area contributed by atoms with Crippen LogP contribution in [0.5, 0.6) is 0 Å². The van der Waals surface area contributed by atoms with Crippen molar-refractivity contribution in [2.24, 2.45) is 11.7 Å². The van der Waals surface area contributed by atoms with Gasteiger partial charge in [0.25, 0.3) is 0 Å². The molecule has 0 fully saturated rings. The molecule has 2 rings (SSSR count). The fourth-order valence-corrected chi connectivity index (χ4v) is 2.37. The Hall–Kier alpha value is -1.60. The van der Waals surface area contributed by atoms with Crippen molar-refractivity contribution < 1.29 is 0 Å². The predicted molar refractivity (Wildman–Crippen MR) is 82.1 cm³/mol. The van der Waals surface area contributed by atoms with E-state index in [4.69, 9.17) is 5.73 Å². The van der Waals surface area contributed by atoms with Gasteiger partial charge < -0.3 is 5.73 Å². The van der Waals surface area contributed by atoms with E-state index in [2.05, 4.69) is 62.4 Å². The van der Waals surface area contributed by atoms with Gasteiger partial charge in [-0.2, -0.15) is 0 Å². The molecule has 0 amide bonds. The molecule has 0 unspecified atom stereocenters. The third-order valence-electron chi connectivity index (χ3n) is 3.30. The lowest BCUT2D eigenvalue weighted by Gasteiger charge is -2.07. The van der Waals surface area contributed by atoms with Gasteiger partial charge in [-0.1, -0.05) is 62.4 Å². The van der Waals surface area contributed by atoms with Crippen LogP contribution in [0.4, 0.5) is 0 Å². The van der Waals surface area contributed by atoms with Gasteiger partial charge in [0.15, 0.2) is 0 Å². The summed E-state index contributed by atoms with van der Waals surface area (Å²) in [4.78, 5) is 0. The fourth-order valence-electron chi connectivity index (χ4n) is 2.37. The van der Waals surface area contributed by atoms with Crippen LogP contribution < -0.4 is 5.73 Å². The van der Waals surface area contributed by atoms with Crippen molar-refractivity contribution in [3.05, 3.63) is 70.8 Å². The van der Waals surface area contributed by atoms with E-state index >= 15 is 0 Å². The highest BCUT2D eigenvalue weighted by Gasteiger charge is 2.00. The lowest BCUT2D eigenvalue weighted by molar-refractivity contribution is 0.647. The van der Waals surface area contributed by atoms with Crippen LogP contribution in [0, 0.1) is 5.92 Å². The first kappa shape index (κ1) is 13.8. The summed E-state index contributed by atoms with van der Waals surface area (Å²) in [5.41, 5.74) is 11.0. The van der Waals surface area contributed by atoms with Gasteiger partial charge >= 0.3 is 0 Å². The van der Waals surface area contributed by atoms with Gasteiger partial charge in [-0.3, -0.25) is 0 Å². The normalized spacial score (nSPS) is 10.9. The molecule has 0 aliphatic rings. The Morgan fingerprint density at radius 3 is 2.11 bits per heavy atom. The monoisotopic (exact) mass is 253 g/mol. The minimum absolute atomic E-state index is 0.612. The average Bonchev–Trinajstić information content (AvgIpc) is 2.41. The molecule has 0 aromatic heterocycles. The quantitative estimate of drug-likeness (QED) is 0.858. The molecule has 0 aliphatic carbocycles. The molecule has 2 aromatic carbocycles. The molecule has 0 radical (unpaired) electrons. The zero-order valence-corrected chi connectivity index (χ0v) is 11.9. The molecule has 0 spiro atoms. The minimum Gasteiger partial charge on any atom is -0.326 e. The summed E-state index contributed by atoms with van der Waals surface area (Å²) < 4.78 is 0. The summed E-state index contributed by atoms with van der Waals surface area (Å²) in [6.07, 6.45) is 2.14. The molecule has 1 nitrogen and oxygen atoms in total. The second kappa shape index (κ2) is 6.53. The van der Waals surface area contributed by atoms with Crippen LogP contribution in [0.3, 0.4) is 0 Å². The molecule has 0 saturated heterocycles. The lowest BCUT2D eigenvalue weighted by Crippen LogP contribution is -1.98. The first-order chi connectivity index (χ1) is 9.17. The van der Waals surface area contributed by atoms with Gasteiger partial charge in [0.05, 0.1) is 0 Å². The van der Waals surface area contributed by atoms with Crippen molar-refractivity contribution >= 4 is 0 Å². The Bertz CT molecular complexity index is 511. The standard InChI is InChI=1S/C18H23N/c1-14(2)10-15-6-8-16(9-7-15)11-17-4-3-5-18(12-17)13-19/h3-9,12,14H,10-11,13,19H2,1-2H3. The third kappa shape index (κ3) is 4.22. The smallest absolute Gasteiger partial charge is 0.0178 e. The number of nitrogens with two attached hydrogens (primary N) is 1. The summed E-state index contributed by atoms with van der Waals surface area (Å²) in [5, 5.41) is 0. The highest BCUT2D eigenvalue weighted by Crippen LogP contribution is 2.14. The van der Waals surface area contributed by atoms with Gasteiger partial charge in [0, 0.05) is 6.54 Å². The van der Waals surface area contributed by atoms with E-state index in [0.717, 1.165) is 12.8 Å². The number of hydrogen-bond donors (Lipinski definition) is 1. The molecule has 0 aliphatic heterocycles. The fraction of sp³-hybridized carbons (Fsp3) is 0.333. The van der Waals surface area contributed by atoms with Gasteiger partial charge in [-0.25, -0.2) is 0 Å². The maximum absolute atomic E-state index is 5.68. The van der Waals surface area contributed by atoms with Gasteiger partial charge in [0.1, 0.15) is 0 Å². The molecule has 19 heavy (non-hydrogen) atoms. The predicted octanol–water partition coefficient (Wildman–Crippen LogP) is 3.93. The molecular formula is C18H23N. The number of hydrogen-bond acceptors (Lipinski definition) is 1. The van der Waals surface area contributed by atoms with E-state index in [1.54, 1.807) is 0 Å². The zero-order valence-electron chi connectivity index (χ0n) is 11.9. The van der Waals surface area contributed by atoms with Crippen molar-refractivity contribution in [3.63, 3.8) is 0 Å². The average molecular weight is 253 g/mol. The first-order valence-corrected chi connectivity index (χ1v) is 7.03. The molecule has 0 atom stereocenters. The van der Waals surface area contributed by atoms with E-state index < -0.39 is 0 Å². The summed E-state index contributed by atoms with van der Waals surface area (Å²) in [5.74, 6) is 0.715. The van der Waals surface area contributed by atoms with Gasteiger partial charge in [0.2, 0.25) is 0 Å². The molecule has 0 bridgehead atoms. The molecule has 1 heteroatoms. The van der Waals surface area contributed by atoms with Gasteiger partial charge in [-0.05, 0) is 41.0 Å². The Kier molecular flexibility index (Phi) is 4.75. The topological polar surface area (TPSA) is 26.0 Å². The first-order valence-electron chi connectivity index (χ1n) is 7.03. The third-order valence-corrected chi connectivity index (χ3v) is 3.30. The van der Waals surface area contributed by atoms with E-state index in [9.17, 15) is 0 Å². The lowest BCUT2D eigenvalue weighted by atomic mass is 9.98. The van der Waals surface area contributed by atoms with Crippen LogP contribution in [0.25, 0.3) is 0 Å². The summed E-state index contributed by atoms with van der Waals surface area (Å²) in [6, 6.07) is 17.5. The molecular weight excluding hydrogens is 230 g/mol. The summed E-state index contributed by atoms with van der Waals surface area (Å²) in [7, 11) is 0. The van der Waals surface area contributed by atoms with Crippen molar-refractivity contribution in [3.8, 4) is 0 Å². The van der Waals surface area contributed by atoms with Crippen LogP contribution in [0.1, 0.15) is 36.1 Å². The van der Waals surface area contributed by atoms with Crippen LogP contribution in [-0.2, 0) is 19.4 Å². The van der Waals surface area contributed by atoms with Crippen molar-refractivity contribution in [1.29, 1.82) is 0 Å². The second-order valence-electron chi connectivity index (χ2n) is 5.62. The summed E-state index contributed by atoms with van der Waals surface area (Å²) in [6.45, 7) is 5.12. The SMILES string of the molecule is CC(C)Cc1ccc(Cc2cccc(CN)c2)cc1. The number of rotatable bonds is 5. The highest BCUT2D eigenvalue weighted by atomic mass is 14.5. The van der Waals surface area contributed by atoms with Crippen LogP contribution >= 0.6 is 0 Å². The van der Waals surface area contributed by atoms with E-state index in [0.29, 0.717) is 12.5 Å². The Morgan fingerprint density at radius 1 is 0.842 bits per heavy atom. The van der Waals surface area contributed by atoms with Gasteiger partial charge in [-0.15, -0.1) is 0 Å². The minimum atomic E-state index is 0.612. The molecule has 2 N–H and O–H groups in total. The maximum Gasteiger partial charge on any atom is 0.0178 e. The molecule has 0 saturated carbocycles. The Morgan fingerprint density at radius 2 is 1.47 bits per heavy atom. The van der Waals surface area contributed by atoms with Crippen LogP contribution in [0.15, 0.2) is 48.5 Å². The number of benzene rings is 2. The second-order valence-corrected chi connectivity index (χ2v) is 5.62. The van der Waals surface area contributed by atoms with E-state index in [-0.39, 0.29) is 0 Å². The van der Waals surface area contributed by atoms with Crippen LogP contribution in [-0.4, -0.2) is 0 Å². The van der Waals surface area contributed by atoms with Crippen molar-refractivity contribution in [1.82, 2.24) is 0 Å². The Balaban J connectivity index is 2.06. The highest BCUT2D eigenvalue weighted by molar-refractivity contribution is 5.31. The molecule has 0 heterocycles. The Labute approximate surface area is 116 Å². The zero-order chi connectivity index (χ0) is 13.7. The van der Waals surface area contributed by atoms with Crippen LogP contribution in [0.2, 0.25) is 0 Å². The van der Waals surface area contributed by atoms with Crippen molar-refractivity contribution in [2.75, 3.05) is 0 Å². The van der Waals surface area contributed by atoms with E-state index in [1.165, 1.54) is 22.3 Å². The largest absolute Gasteiger partial charge is 0.326 e. The molecule has 2 aromatic rings. The summed E-state index contributed by atoms with van der Waals surface area (Å²) >= 11 is 0. The molecule has 100 valence electrons. The van der Waals surface area contributed by atoms with E-state index in [1.807, 2.05) is 0 Å². The maximum atomic E-state index is 5.68. The van der Waals surface area contributed by atoms with Crippen molar-refractivity contribution in [2.45, 2.75) is 33.2 Å².